The van der Waals surface area contributed by atoms with Crippen LogP contribution in [0.3, 0.4) is 0 Å². The summed E-state index contributed by atoms with van der Waals surface area (Å²) in [4.78, 5) is 5.01. The molecule has 4 heteroatoms. The van der Waals surface area contributed by atoms with Crippen molar-refractivity contribution in [2.45, 2.75) is 32.7 Å². The average molecular weight is 386 g/mol. The summed E-state index contributed by atoms with van der Waals surface area (Å²) in [5, 5.41) is 4.35. The van der Waals surface area contributed by atoms with Gasteiger partial charge in [-0.05, 0) is 56.0 Å². The van der Waals surface area contributed by atoms with Crippen LogP contribution in [0.4, 0.5) is 5.69 Å². The van der Waals surface area contributed by atoms with Crippen molar-refractivity contribution in [3.8, 4) is 0 Å². The van der Waals surface area contributed by atoms with E-state index in [2.05, 4.69) is 65.4 Å². The number of halogens is 1. The van der Waals surface area contributed by atoms with E-state index in [9.17, 15) is 0 Å². The fraction of sp³-hybridized carbons (Fsp3) is 0.478. The first kappa shape index (κ1) is 20.2. The van der Waals surface area contributed by atoms with E-state index in [0.29, 0.717) is 6.04 Å². The van der Waals surface area contributed by atoms with Gasteiger partial charge >= 0.3 is 0 Å². The summed E-state index contributed by atoms with van der Waals surface area (Å²) in [5.74, 6) is 0. The van der Waals surface area contributed by atoms with Gasteiger partial charge in [-0.3, -0.25) is 4.90 Å². The van der Waals surface area contributed by atoms with Crippen molar-refractivity contribution < 1.29 is 0 Å². The van der Waals surface area contributed by atoms with Gasteiger partial charge < -0.3 is 10.2 Å². The van der Waals surface area contributed by atoms with Gasteiger partial charge in [0.05, 0.1) is 0 Å². The Kier molecular flexibility index (Phi) is 7.57. The van der Waals surface area contributed by atoms with Crippen LogP contribution in [0.15, 0.2) is 48.5 Å². The minimum Gasteiger partial charge on any atom is -0.372 e. The molecule has 0 radical (unpaired) electrons. The molecule has 1 saturated heterocycles. The Labute approximate surface area is 169 Å². The van der Waals surface area contributed by atoms with Crippen molar-refractivity contribution in [1.82, 2.24) is 10.2 Å². The number of piperazine rings is 1. The van der Waals surface area contributed by atoms with Crippen molar-refractivity contribution in [2.75, 3.05) is 44.2 Å². The number of hydrogen-bond acceptors (Lipinski definition) is 3. The second-order valence-electron chi connectivity index (χ2n) is 7.28. The SMILES string of the molecule is CCN(CC)c1ccc(CC(Cc2ccccc2Cl)N2CCNCC2)cc1. The molecule has 0 saturated carbocycles. The molecule has 1 aliphatic heterocycles. The first-order chi connectivity index (χ1) is 13.2. The molecule has 0 aliphatic carbocycles. The molecule has 3 nitrogen and oxygen atoms in total. The summed E-state index contributed by atoms with van der Waals surface area (Å²) >= 11 is 6.46. The molecule has 27 heavy (non-hydrogen) atoms. The van der Waals surface area contributed by atoms with E-state index in [1.807, 2.05) is 12.1 Å². The van der Waals surface area contributed by atoms with Crippen LogP contribution in [-0.2, 0) is 12.8 Å². The molecule has 0 bridgehead atoms. The standard InChI is InChI=1S/C23H32ClN3/c1-3-26(4-2)21-11-9-19(10-12-21)17-22(27-15-13-25-14-16-27)18-20-7-5-6-8-23(20)24/h5-12,22,25H,3-4,13-18H2,1-2H3. The minimum absolute atomic E-state index is 0.478. The van der Waals surface area contributed by atoms with Gasteiger partial charge in [0.2, 0.25) is 0 Å². The summed E-state index contributed by atoms with van der Waals surface area (Å²) in [6.45, 7) is 10.9. The molecule has 3 rings (SSSR count). The van der Waals surface area contributed by atoms with E-state index < -0.39 is 0 Å². The lowest BCUT2D eigenvalue weighted by Gasteiger charge is -2.35. The van der Waals surface area contributed by atoms with E-state index >= 15 is 0 Å². The Morgan fingerprint density at radius 3 is 2.26 bits per heavy atom. The smallest absolute Gasteiger partial charge is 0.0438 e. The van der Waals surface area contributed by atoms with Gasteiger partial charge in [-0.1, -0.05) is 41.9 Å². The van der Waals surface area contributed by atoms with Crippen molar-refractivity contribution in [3.63, 3.8) is 0 Å². The van der Waals surface area contributed by atoms with Crippen LogP contribution in [0.5, 0.6) is 0 Å². The third-order valence-corrected chi connectivity index (χ3v) is 5.99. The third-order valence-electron chi connectivity index (χ3n) is 5.62. The maximum atomic E-state index is 6.46. The van der Waals surface area contributed by atoms with Crippen molar-refractivity contribution in [2.24, 2.45) is 0 Å². The quantitative estimate of drug-likeness (QED) is 0.733. The van der Waals surface area contributed by atoms with Crippen LogP contribution in [-0.4, -0.2) is 50.2 Å². The Bertz CT molecular complexity index is 691. The second-order valence-corrected chi connectivity index (χ2v) is 7.69. The van der Waals surface area contributed by atoms with Crippen LogP contribution >= 0.6 is 11.6 Å². The maximum absolute atomic E-state index is 6.46. The summed E-state index contributed by atoms with van der Waals surface area (Å²) in [5.41, 5.74) is 3.97. The van der Waals surface area contributed by atoms with Crippen molar-refractivity contribution in [3.05, 3.63) is 64.7 Å². The number of benzene rings is 2. The largest absolute Gasteiger partial charge is 0.372 e. The lowest BCUT2D eigenvalue weighted by Crippen LogP contribution is -2.49. The number of anilines is 1. The third kappa shape index (κ3) is 5.47. The van der Waals surface area contributed by atoms with Crippen LogP contribution < -0.4 is 10.2 Å². The Morgan fingerprint density at radius 1 is 0.963 bits per heavy atom. The van der Waals surface area contributed by atoms with E-state index in [-0.39, 0.29) is 0 Å². The average Bonchev–Trinajstić information content (AvgIpc) is 2.72. The fourth-order valence-corrected chi connectivity index (χ4v) is 4.21. The molecule has 1 unspecified atom stereocenters. The maximum Gasteiger partial charge on any atom is 0.0438 e. The van der Waals surface area contributed by atoms with Crippen molar-refractivity contribution in [1.29, 1.82) is 0 Å². The van der Waals surface area contributed by atoms with Gasteiger partial charge in [0, 0.05) is 56.0 Å². The lowest BCUT2D eigenvalue weighted by molar-refractivity contribution is 0.170. The second kappa shape index (κ2) is 10.1. The summed E-state index contributed by atoms with van der Waals surface area (Å²) in [7, 11) is 0. The zero-order valence-corrected chi connectivity index (χ0v) is 17.4. The number of hydrogen-bond donors (Lipinski definition) is 1. The molecule has 146 valence electrons. The zero-order valence-electron chi connectivity index (χ0n) is 16.6. The van der Waals surface area contributed by atoms with Gasteiger partial charge in [0.15, 0.2) is 0 Å². The Morgan fingerprint density at radius 2 is 1.63 bits per heavy atom. The topological polar surface area (TPSA) is 18.5 Å². The predicted molar refractivity (Wildman–Crippen MR) is 117 cm³/mol. The highest BCUT2D eigenvalue weighted by molar-refractivity contribution is 6.31. The molecule has 1 atom stereocenters. The molecule has 0 spiro atoms. The van der Waals surface area contributed by atoms with Gasteiger partial charge in [-0.2, -0.15) is 0 Å². The Hall–Kier alpha value is -1.55. The lowest BCUT2D eigenvalue weighted by atomic mass is 9.96. The molecular weight excluding hydrogens is 354 g/mol. The molecular formula is C23H32ClN3. The van der Waals surface area contributed by atoms with Gasteiger partial charge in [0.25, 0.3) is 0 Å². The van der Waals surface area contributed by atoms with E-state index in [1.54, 1.807) is 0 Å². The fourth-order valence-electron chi connectivity index (χ4n) is 4.00. The molecule has 0 aromatic heterocycles. The molecule has 2 aromatic carbocycles. The van der Waals surface area contributed by atoms with Crippen LogP contribution in [0, 0.1) is 0 Å². The summed E-state index contributed by atoms with van der Waals surface area (Å²) in [6.07, 6.45) is 2.06. The molecule has 0 amide bonds. The zero-order chi connectivity index (χ0) is 19.1. The first-order valence-corrected chi connectivity index (χ1v) is 10.6. The Balaban J connectivity index is 1.75. The molecule has 1 fully saturated rings. The van der Waals surface area contributed by atoms with E-state index in [0.717, 1.165) is 57.1 Å². The predicted octanol–water partition coefficient (Wildman–Crippen LogP) is 4.25. The molecule has 2 aromatic rings. The van der Waals surface area contributed by atoms with Crippen molar-refractivity contribution >= 4 is 17.3 Å². The molecule has 1 aliphatic rings. The minimum atomic E-state index is 0.478. The number of nitrogens with zero attached hydrogens (tertiary/aromatic N) is 2. The highest BCUT2D eigenvalue weighted by Crippen LogP contribution is 2.22. The van der Waals surface area contributed by atoms with E-state index in [1.165, 1.54) is 16.8 Å². The van der Waals surface area contributed by atoms with E-state index in [4.69, 9.17) is 11.6 Å². The summed E-state index contributed by atoms with van der Waals surface area (Å²) < 4.78 is 0. The normalized spacial score (nSPS) is 16.3. The van der Waals surface area contributed by atoms with Gasteiger partial charge in [-0.25, -0.2) is 0 Å². The van der Waals surface area contributed by atoms with Gasteiger partial charge in [-0.15, -0.1) is 0 Å². The first-order valence-electron chi connectivity index (χ1n) is 10.2. The highest BCUT2D eigenvalue weighted by atomic mass is 35.5. The van der Waals surface area contributed by atoms with Crippen LogP contribution in [0.25, 0.3) is 0 Å². The molecule has 1 heterocycles. The molecule has 1 N–H and O–H groups in total. The van der Waals surface area contributed by atoms with Crippen LogP contribution in [0.1, 0.15) is 25.0 Å². The number of rotatable bonds is 8. The summed E-state index contributed by atoms with van der Waals surface area (Å²) in [6, 6.07) is 17.9. The number of nitrogens with one attached hydrogen (secondary N) is 1. The van der Waals surface area contributed by atoms with Gasteiger partial charge in [0.1, 0.15) is 0 Å². The highest BCUT2D eigenvalue weighted by Gasteiger charge is 2.22. The van der Waals surface area contributed by atoms with Crippen LogP contribution in [0.2, 0.25) is 5.02 Å². The monoisotopic (exact) mass is 385 g/mol.